The Morgan fingerprint density at radius 1 is 1.17 bits per heavy atom. The Labute approximate surface area is 134 Å². The molecule has 6 heteroatoms. The van der Waals surface area contributed by atoms with Crippen molar-refractivity contribution in [2.45, 2.75) is 43.8 Å². The molecule has 23 heavy (non-hydrogen) atoms. The minimum Gasteiger partial charge on any atom is -0.486 e. The summed E-state index contributed by atoms with van der Waals surface area (Å²) in [6.07, 6.45) is -1.28. The lowest BCUT2D eigenvalue weighted by Crippen LogP contribution is -2.39. The molecule has 0 unspecified atom stereocenters. The van der Waals surface area contributed by atoms with Crippen LogP contribution in [0.15, 0.2) is 30.3 Å². The summed E-state index contributed by atoms with van der Waals surface area (Å²) in [6, 6.07) is 9.12. The molecule has 1 heterocycles. The van der Waals surface area contributed by atoms with Crippen LogP contribution in [-0.4, -0.2) is 47.1 Å². The zero-order valence-electron chi connectivity index (χ0n) is 12.8. The number of β-amino-alcohol motifs (C(OH)–C–C–N with tert-alkyl or cyclic N) is 1. The summed E-state index contributed by atoms with van der Waals surface area (Å²) in [7, 11) is 0. The molecule has 1 N–H and O–H groups in total. The molecule has 2 atom stereocenters. The van der Waals surface area contributed by atoms with Crippen molar-refractivity contribution >= 4 is 5.91 Å². The molecule has 0 spiro atoms. The van der Waals surface area contributed by atoms with Gasteiger partial charge in [0.25, 0.3) is 0 Å². The quantitative estimate of drug-likeness (QED) is 0.929. The third-order valence-corrected chi connectivity index (χ3v) is 4.65. The second kappa shape index (κ2) is 6.43. The van der Waals surface area contributed by atoms with E-state index in [0.717, 1.165) is 0 Å². The van der Waals surface area contributed by atoms with Gasteiger partial charge < -0.3 is 14.7 Å². The summed E-state index contributed by atoms with van der Waals surface area (Å²) in [4.78, 5) is 14.0. The molecule has 4 nitrogen and oxygen atoms in total. The van der Waals surface area contributed by atoms with Gasteiger partial charge in [0.05, 0.1) is 13.1 Å². The molecule has 1 aliphatic carbocycles. The fourth-order valence-electron chi connectivity index (χ4n) is 3.27. The average molecular weight is 325 g/mol. The number of alkyl halides is 2. The van der Waals surface area contributed by atoms with E-state index in [1.807, 2.05) is 18.2 Å². The Morgan fingerprint density at radius 2 is 1.83 bits per heavy atom. The molecule has 126 valence electrons. The summed E-state index contributed by atoms with van der Waals surface area (Å²) >= 11 is 0. The summed E-state index contributed by atoms with van der Waals surface area (Å²) in [5.41, 5.74) is 0. The topological polar surface area (TPSA) is 49.8 Å². The molecule has 3 rings (SSSR count). The fourth-order valence-corrected chi connectivity index (χ4v) is 3.27. The van der Waals surface area contributed by atoms with Gasteiger partial charge >= 0.3 is 0 Å². The van der Waals surface area contributed by atoms with Crippen molar-refractivity contribution in [3.05, 3.63) is 30.3 Å². The van der Waals surface area contributed by atoms with E-state index in [2.05, 4.69) is 0 Å². The van der Waals surface area contributed by atoms with Gasteiger partial charge in [-0.2, -0.15) is 0 Å². The molecule has 0 radical (unpaired) electrons. The molecular weight excluding hydrogens is 304 g/mol. The Kier molecular flexibility index (Phi) is 4.53. The first kappa shape index (κ1) is 16.2. The number of hydrogen-bond donors (Lipinski definition) is 1. The van der Waals surface area contributed by atoms with E-state index in [1.165, 1.54) is 0 Å². The van der Waals surface area contributed by atoms with Gasteiger partial charge in [0.15, 0.2) is 0 Å². The first-order chi connectivity index (χ1) is 10.9. The van der Waals surface area contributed by atoms with Crippen LogP contribution < -0.4 is 4.74 Å². The lowest BCUT2D eigenvalue weighted by molar-refractivity contribution is -0.139. The predicted molar refractivity (Wildman–Crippen MR) is 80.3 cm³/mol. The second-order valence-corrected chi connectivity index (χ2v) is 6.41. The molecule has 0 bridgehead atoms. The van der Waals surface area contributed by atoms with Crippen LogP contribution in [0, 0.1) is 5.92 Å². The molecule has 0 aromatic heterocycles. The van der Waals surface area contributed by atoms with E-state index in [-0.39, 0.29) is 44.1 Å². The number of para-hydroxylation sites is 1. The van der Waals surface area contributed by atoms with Crippen molar-refractivity contribution in [2.24, 2.45) is 5.92 Å². The largest absolute Gasteiger partial charge is 0.486 e. The number of likely N-dealkylation sites (tertiary alicyclic amines) is 1. The highest BCUT2D eigenvalue weighted by atomic mass is 19.3. The van der Waals surface area contributed by atoms with Crippen molar-refractivity contribution in [2.75, 3.05) is 13.1 Å². The molecule has 2 aliphatic rings. The van der Waals surface area contributed by atoms with Crippen molar-refractivity contribution in [3.63, 3.8) is 0 Å². The van der Waals surface area contributed by atoms with Crippen LogP contribution in [0.25, 0.3) is 0 Å². The highest BCUT2D eigenvalue weighted by Crippen LogP contribution is 2.37. The van der Waals surface area contributed by atoms with E-state index in [9.17, 15) is 18.7 Å². The first-order valence-electron chi connectivity index (χ1n) is 8.01. The van der Waals surface area contributed by atoms with Crippen LogP contribution in [0.5, 0.6) is 5.75 Å². The Hall–Kier alpha value is -1.69. The van der Waals surface area contributed by atoms with Crippen LogP contribution in [0.2, 0.25) is 0 Å². The summed E-state index contributed by atoms with van der Waals surface area (Å²) in [5.74, 6) is -2.50. The zero-order valence-corrected chi connectivity index (χ0v) is 12.8. The number of nitrogens with zero attached hydrogens (tertiary/aromatic N) is 1. The van der Waals surface area contributed by atoms with Gasteiger partial charge in [-0.05, 0) is 25.0 Å². The molecule has 1 aromatic rings. The van der Waals surface area contributed by atoms with E-state index in [4.69, 9.17) is 4.74 Å². The molecule has 1 aromatic carbocycles. The van der Waals surface area contributed by atoms with Crippen LogP contribution in [0.1, 0.15) is 25.7 Å². The van der Waals surface area contributed by atoms with Gasteiger partial charge in [0.1, 0.15) is 18.0 Å². The number of carbonyl (C=O) groups is 1. The van der Waals surface area contributed by atoms with Gasteiger partial charge in [-0.25, -0.2) is 8.78 Å². The van der Waals surface area contributed by atoms with E-state index in [1.54, 1.807) is 17.0 Å². The van der Waals surface area contributed by atoms with Crippen molar-refractivity contribution in [1.29, 1.82) is 0 Å². The Bertz CT molecular complexity index is 542. The lowest BCUT2D eigenvalue weighted by Gasteiger charge is -2.30. The normalized spacial score (nSPS) is 27.9. The standard InChI is InChI=1S/C17H21F2NO3/c18-17(19)8-6-12(7-9-17)16(22)20-10-14(21)15(11-20)23-13-4-2-1-3-5-13/h1-5,12,14-15,21H,6-11H2/t14-,15-/m1/s1. The summed E-state index contributed by atoms with van der Waals surface area (Å²) in [6.45, 7) is 0.491. The summed E-state index contributed by atoms with van der Waals surface area (Å²) in [5, 5.41) is 10.1. The van der Waals surface area contributed by atoms with Gasteiger partial charge in [-0.3, -0.25) is 4.79 Å². The highest BCUT2D eigenvalue weighted by molar-refractivity contribution is 5.79. The fraction of sp³-hybridized carbons (Fsp3) is 0.588. The number of ether oxygens (including phenoxy) is 1. The number of amides is 1. The van der Waals surface area contributed by atoms with Crippen LogP contribution in [0.3, 0.4) is 0 Å². The molecule has 1 amide bonds. The maximum Gasteiger partial charge on any atom is 0.248 e. The Morgan fingerprint density at radius 3 is 2.48 bits per heavy atom. The number of carbonyl (C=O) groups excluding carboxylic acids is 1. The highest BCUT2D eigenvalue weighted by Gasteiger charge is 2.42. The van der Waals surface area contributed by atoms with Crippen LogP contribution >= 0.6 is 0 Å². The minimum atomic E-state index is -2.64. The van der Waals surface area contributed by atoms with Crippen molar-refractivity contribution in [3.8, 4) is 5.75 Å². The number of hydrogen-bond acceptors (Lipinski definition) is 3. The SMILES string of the molecule is O=C(C1CCC(F)(F)CC1)N1C[C@@H](O)[C@H](Oc2ccccc2)C1. The van der Waals surface area contributed by atoms with E-state index in [0.29, 0.717) is 12.3 Å². The van der Waals surface area contributed by atoms with Crippen LogP contribution in [0.4, 0.5) is 8.78 Å². The number of rotatable bonds is 3. The van der Waals surface area contributed by atoms with E-state index >= 15 is 0 Å². The van der Waals surface area contributed by atoms with E-state index < -0.39 is 18.1 Å². The number of halogens is 2. The second-order valence-electron chi connectivity index (χ2n) is 6.41. The van der Waals surface area contributed by atoms with Gasteiger partial charge in [0, 0.05) is 18.8 Å². The van der Waals surface area contributed by atoms with Crippen molar-refractivity contribution < 1.29 is 23.4 Å². The maximum atomic E-state index is 13.2. The third-order valence-electron chi connectivity index (χ3n) is 4.65. The maximum absolute atomic E-state index is 13.2. The molecule has 1 saturated heterocycles. The smallest absolute Gasteiger partial charge is 0.248 e. The molecular formula is C17H21F2NO3. The number of aliphatic hydroxyl groups is 1. The van der Waals surface area contributed by atoms with Gasteiger partial charge in [0.2, 0.25) is 11.8 Å². The Balaban J connectivity index is 1.57. The molecule has 2 fully saturated rings. The first-order valence-corrected chi connectivity index (χ1v) is 8.01. The third kappa shape index (κ3) is 3.80. The zero-order chi connectivity index (χ0) is 16.4. The average Bonchev–Trinajstić information content (AvgIpc) is 2.89. The van der Waals surface area contributed by atoms with Crippen LogP contribution in [-0.2, 0) is 4.79 Å². The predicted octanol–water partition coefficient (Wildman–Crippen LogP) is 2.46. The molecule has 1 aliphatic heterocycles. The number of benzene rings is 1. The molecule has 1 saturated carbocycles. The van der Waals surface area contributed by atoms with Gasteiger partial charge in [-0.1, -0.05) is 18.2 Å². The minimum absolute atomic E-state index is 0.140. The van der Waals surface area contributed by atoms with Gasteiger partial charge in [-0.15, -0.1) is 0 Å². The van der Waals surface area contributed by atoms with Crippen molar-refractivity contribution in [1.82, 2.24) is 4.90 Å². The number of aliphatic hydroxyl groups excluding tert-OH is 1. The lowest BCUT2D eigenvalue weighted by atomic mass is 9.86. The summed E-state index contributed by atoms with van der Waals surface area (Å²) < 4.78 is 32.1. The monoisotopic (exact) mass is 325 g/mol.